The van der Waals surface area contributed by atoms with Crippen molar-refractivity contribution >= 4 is 16.0 Å². The summed E-state index contributed by atoms with van der Waals surface area (Å²) in [4.78, 5) is 13.2. The van der Waals surface area contributed by atoms with Gasteiger partial charge in [-0.2, -0.15) is 8.42 Å². The molecule has 0 bridgehead atoms. The zero-order valence-electron chi connectivity index (χ0n) is 10.7. The average molecular weight is 305 g/mol. The molecule has 1 aliphatic rings. The minimum Gasteiger partial charge on any atom is -0.336 e. The molecule has 1 aromatic rings. The molecule has 5 nitrogen and oxygen atoms in total. The Balaban J connectivity index is 2.07. The lowest BCUT2D eigenvalue weighted by molar-refractivity contribution is -0.133. The Kier molecular flexibility index (Phi) is 4.05. The van der Waals surface area contributed by atoms with E-state index in [4.69, 9.17) is 0 Å². The molecule has 1 amide bonds. The zero-order valence-corrected chi connectivity index (χ0v) is 11.5. The summed E-state index contributed by atoms with van der Waals surface area (Å²) in [5.74, 6) is -1.96. The second kappa shape index (κ2) is 5.45. The summed E-state index contributed by atoms with van der Waals surface area (Å²) in [6.45, 7) is 0.213. The highest BCUT2D eigenvalue weighted by Crippen LogP contribution is 2.20. The fraction of sp³-hybridized carbons (Fsp3) is 0.417. The third-order valence-corrected chi connectivity index (χ3v) is 3.50. The van der Waals surface area contributed by atoms with E-state index in [1.54, 1.807) is 0 Å². The number of halogens is 2. The number of hydrogen-bond acceptors (Lipinski definition) is 4. The number of hydrogen-bond donors (Lipinski definition) is 0. The van der Waals surface area contributed by atoms with E-state index in [1.165, 1.54) is 11.0 Å². The van der Waals surface area contributed by atoms with Crippen LogP contribution in [0.1, 0.15) is 12.0 Å². The molecule has 0 aliphatic carbocycles. The Morgan fingerprint density at radius 3 is 2.70 bits per heavy atom. The van der Waals surface area contributed by atoms with Crippen molar-refractivity contribution in [3.05, 3.63) is 35.4 Å². The summed E-state index contributed by atoms with van der Waals surface area (Å²) in [5, 5.41) is 0. The first-order valence-electron chi connectivity index (χ1n) is 5.87. The van der Waals surface area contributed by atoms with Crippen molar-refractivity contribution in [1.29, 1.82) is 0 Å². The summed E-state index contributed by atoms with van der Waals surface area (Å²) in [6.07, 6.45) is 0.0191. The van der Waals surface area contributed by atoms with Gasteiger partial charge in [-0.1, -0.05) is 6.07 Å². The second-order valence-corrected chi connectivity index (χ2v) is 6.17. The number of likely N-dealkylation sites (tertiary alicyclic amines) is 1. The molecule has 110 valence electrons. The fourth-order valence-electron chi connectivity index (χ4n) is 2.02. The van der Waals surface area contributed by atoms with Gasteiger partial charge in [-0.15, -0.1) is 0 Å². The molecular weight excluding hydrogens is 292 g/mol. The van der Waals surface area contributed by atoms with Gasteiger partial charge >= 0.3 is 0 Å². The highest BCUT2D eigenvalue weighted by atomic mass is 32.2. The Labute approximate surface area is 115 Å². The molecular formula is C12H13F2NO4S. The number of carbonyl (C=O) groups is 1. The minimum absolute atomic E-state index is 0.0471. The molecule has 2 rings (SSSR count). The summed E-state index contributed by atoms with van der Waals surface area (Å²) < 4.78 is 52.9. The Hall–Kier alpha value is -1.54. The standard InChI is InChI=1S/C12H13F2NO4S/c1-20(17,18)19-11-4-5-15(12(11)16)7-8-2-3-9(13)6-10(8)14/h2-3,6,11H,4-5,7H2,1H3/t11-/m0/s1. The van der Waals surface area contributed by atoms with E-state index in [9.17, 15) is 22.0 Å². The second-order valence-electron chi connectivity index (χ2n) is 4.57. The third kappa shape index (κ3) is 3.51. The number of rotatable bonds is 4. The predicted octanol–water partition coefficient (Wildman–Crippen LogP) is 1.04. The van der Waals surface area contributed by atoms with Crippen LogP contribution in [0.25, 0.3) is 0 Å². The summed E-state index contributed by atoms with van der Waals surface area (Å²) >= 11 is 0. The molecule has 0 radical (unpaired) electrons. The van der Waals surface area contributed by atoms with Crippen molar-refractivity contribution in [2.24, 2.45) is 0 Å². The lowest BCUT2D eigenvalue weighted by atomic mass is 10.2. The molecule has 0 unspecified atom stereocenters. The molecule has 0 aromatic heterocycles. The number of benzene rings is 1. The van der Waals surface area contributed by atoms with Crippen molar-refractivity contribution < 1.29 is 26.2 Å². The van der Waals surface area contributed by atoms with Gasteiger partial charge in [0.2, 0.25) is 0 Å². The summed E-state index contributed by atoms with van der Waals surface area (Å²) in [6, 6.07) is 3.09. The SMILES string of the molecule is CS(=O)(=O)O[C@H]1CCN(Cc2ccc(F)cc2F)C1=O. The quantitative estimate of drug-likeness (QED) is 0.780. The van der Waals surface area contributed by atoms with Crippen molar-refractivity contribution in [3.8, 4) is 0 Å². The molecule has 1 aliphatic heterocycles. The molecule has 0 spiro atoms. The van der Waals surface area contributed by atoms with Gasteiger partial charge in [0.05, 0.1) is 6.26 Å². The van der Waals surface area contributed by atoms with Gasteiger partial charge in [0.25, 0.3) is 16.0 Å². The van der Waals surface area contributed by atoms with Crippen molar-refractivity contribution in [3.63, 3.8) is 0 Å². The van der Waals surface area contributed by atoms with E-state index in [0.717, 1.165) is 18.4 Å². The van der Waals surface area contributed by atoms with Gasteiger partial charge in [-0.25, -0.2) is 8.78 Å². The van der Waals surface area contributed by atoms with Crippen LogP contribution in [-0.2, 0) is 25.6 Å². The monoisotopic (exact) mass is 305 g/mol. The maximum atomic E-state index is 13.5. The maximum Gasteiger partial charge on any atom is 0.265 e. The molecule has 8 heteroatoms. The van der Waals surface area contributed by atoms with Crippen LogP contribution < -0.4 is 0 Å². The summed E-state index contributed by atoms with van der Waals surface area (Å²) in [7, 11) is -3.72. The molecule has 20 heavy (non-hydrogen) atoms. The van der Waals surface area contributed by atoms with Crippen LogP contribution >= 0.6 is 0 Å². The first kappa shape index (κ1) is 14.9. The Bertz CT molecular complexity index is 632. The third-order valence-electron chi connectivity index (χ3n) is 2.92. The first-order valence-corrected chi connectivity index (χ1v) is 7.69. The van der Waals surface area contributed by atoms with Crippen LogP contribution in [-0.4, -0.2) is 38.1 Å². The molecule has 1 aromatic carbocycles. The van der Waals surface area contributed by atoms with Crippen LogP contribution in [0.5, 0.6) is 0 Å². The van der Waals surface area contributed by atoms with Crippen LogP contribution in [0.4, 0.5) is 8.78 Å². The van der Waals surface area contributed by atoms with Crippen molar-refractivity contribution in [2.75, 3.05) is 12.8 Å². The molecule has 0 saturated carbocycles. The fourth-order valence-corrected chi connectivity index (χ4v) is 2.62. The minimum atomic E-state index is -3.72. The number of nitrogens with zero attached hydrogens (tertiary/aromatic N) is 1. The van der Waals surface area contributed by atoms with Crippen LogP contribution in [0.2, 0.25) is 0 Å². The summed E-state index contributed by atoms with van der Waals surface area (Å²) in [5.41, 5.74) is 0.166. The van der Waals surface area contributed by atoms with Crippen LogP contribution in [0, 0.1) is 11.6 Å². The molecule has 1 fully saturated rings. The zero-order chi connectivity index (χ0) is 14.9. The van der Waals surface area contributed by atoms with Crippen LogP contribution in [0.3, 0.4) is 0 Å². The number of carbonyl (C=O) groups excluding carboxylic acids is 1. The lowest BCUT2D eigenvalue weighted by Crippen LogP contribution is -2.31. The van der Waals surface area contributed by atoms with Gasteiger partial charge < -0.3 is 4.90 Å². The van der Waals surface area contributed by atoms with E-state index in [0.29, 0.717) is 0 Å². The van der Waals surface area contributed by atoms with E-state index in [-0.39, 0.29) is 25.1 Å². The van der Waals surface area contributed by atoms with Gasteiger partial charge in [0, 0.05) is 31.1 Å². The van der Waals surface area contributed by atoms with E-state index in [1.807, 2.05) is 0 Å². The highest BCUT2D eigenvalue weighted by Gasteiger charge is 2.35. The average Bonchev–Trinajstić information content (AvgIpc) is 2.63. The first-order chi connectivity index (χ1) is 9.26. The topological polar surface area (TPSA) is 63.7 Å². The van der Waals surface area contributed by atoms with Crippen molar-refractivity contribution in [1.82, 2.24) is 4.90 Å². The molecule has 1 heterocycles. The van der Waals surface area contributed by atoms with E-state index >= 15 is 0 Å². The van der Waals surface area contributed by atoms with Gasteiger partial charge in [0.15, 0.2) is 6.10 Å². The van der Waals surface area contributed by atoms with E-state index < -0.39 is 33.8 Å². The predicted molar refractivity (Wildman–Crippen MR) is 66.1 cm³/mol. The number of amides is 1. The molecule has 0 N–H and O–H groups in total. The highest BCUT2D eigenvalue weighted by molar-refractivity contribution is 7.86. The van der Waals surface area contributed by atoms with Gasteiger partial charge in [-0.3, -0.25) is 8.98 Å². The molecule has 1 saturated heterocycles. The molecule has 1 atom stereocenters. The smallest absolute Gasteiger partial charge is 0.265 e. The Morgan fingerprint density at radius 2 is 2.10 bits per heavy atom. The van der Waals surface area contributed by atoms with Gasteiger partial charge in [0.1, 0.15) is 11.6 Å². The Morgan fingerprint density at radius 1 is 1.40 bits per heavy atom. The lowest BCUT2D eigenvalue weighted by Gasteiger charge is -2.16. The van der Waals surface area contributed by atoms with Gasteiger partial charge in [-0.05, 0) is 6.07 Å². The maximum absolute atomic E-state index is 13.5. The van der Waals surface area contributed by atoms with E-state index in [2.05, 4.69) is 4.18 Å². The van der Waals surface area contributed by atoms with Crippen molar-refractivity contribution in [2.45, 2.75) is 19.1 Å². The largest absolute Gasteiger partial charge is 0.336 e. The van der Waals surface area contributed by atoms with Crippen LogP contribution in [0.15, 0.2) is 18.2 Å². The normalized spacial score (nSPS) is 19.6.